The van der Waals surface area contributed by atoms with Gasteiger partial charge in [0.15, 0.2) is 0 Å². The Morgan fingerprint density at radius 2 is 2.18 bits per heavy atom. The van der Waals surface area contributed by atoms with Gasteiger partial charge in [-0.2, -0.15) is 0 Å². The third-order valence-electron chi connectivity index (χ3n) is 3.25. The number of carboxylic acids is 1. The highest BCUT2D eigenvalue weighted by molar-refractivity contribution is 5.88. The van der Waals surface area contributed by atoms with Crippen molar-refractivity contribution < 1.29 is 9.90 Å². The van der Waals surface area contributed by atoms with Crippen molar-refractivity contribution in [2.45, 2.75) is 32.6 Å². The molecule has 1 aromatic heterocycles. The minimum atomic E-state index is -0.903. The van der Waals surface area contributed by atoms with E-state index in [4.69, 9.17) is 5.11 Å². The zero-order valence-electron chi connectivity index (χ0n) is 10.1. The van der Waals surface area contributed by atoms with E-state index in [2.05, 4.69) is 10.3 Å². The van der Waals surface area contributed by atoms with Crippen LogP contribution in [0.5, 0.6) is 0 Å². The van der Waals surface area contributed by atoms with Crippen LogP contribution in [0.25, 0.3) is 0 Å². The molecule has 2 N–H and O–H groups in total. The molecule has 0 aliphatic heterocycles. The number of aromatic nitrogens is 1. The number of carbonyl (C=O) groups is 1. The summed E-state index contributed by atoms with van der Waals surface area (Å²) in [6.45, 7) is 2.71. The maximum atomic E-state index is 10.9. The van der Waals surface area contributed by atoms with Crippen molar-refractivity contribution in [1.82, 2.24) is 4.98 Å². The van der Waals surface area contributed by atoms with Crippen LogP contribution in [0.3, 0.4) is 0 Å². The quantitative estimate of drug-likeness (QED) is 0.840. The molecule has 2 rings (SSSR count). The van der Waals surface area contributed by atoms with Crippen LogP contribution in [0.1, 0.15) is 41.7 Å². The molecular weight excluding hydrogens is 216 g/mol. The number of nitrogens with one attached hydrogen (secondary N) is 1. The topological polar surface area (TPSA) is 62.2 Å². The Labute approximate surface area is 101 Å². The number of hydrogen-bond acceptors (Lipinski definition) is 3. The molecule has 0 bridgehead atoms. The fourth-order valence-electron chi connectivity index (χ4n) is 2.35. The Morgan fingerprint density at radius 1 is 1.47 bits per heavy atom. The lowest BCUT2D eigenvalue weighted by Gasteiger charge is -2.12. The first-order chi connectivity index (χ1) is 8.15. The number of pyridine rings is 1. The maximum Gasteiger partial charge on any atom is 0.335 e. The number of aromatic carboxylic acids is 1. The van der Waals surface area contributed by atoms with E-state index in [0.29, 0.717) is 17.3 Å². The zero-order valence-corrected chi connectivity index (χ0v) is 10.1. The number of hydrogen-bond donors (Lipinski definition) is 2. The second-order valence-corrected chi connectivity index (χ2v) is 4.72. The molecule has 1 saturated carbocycles. The molecule has 1 fully saturated rings. The highest BCUT2D eigenvalue weighted by Crippen LogP contribution is 2.24. The summed E-state index contributed by atoms with van der Waals surface area (Å²) in [5.74, 6) is 0.485. The Hall–Kier alpha value is -1.58. The summed E-state index contributed by atoms with van der Waals surface area (Å²) < 4.78 is 0. The predicted molar refractivity (Wildman–Crippen MR) is 66.4 cm³/mol. The van der Waals surface area contributed by atoms with Gasteiger partial charge in [-0.3, -0.25) is 0 Å². The normalized spacial score (nSPS) is 16.1. The van der Waals surface area contributed by atoms with Crippen molar-refractivity contribution in [3.8, 4) is 0 Å². The molecule has 0 spiro atoms. The highest BCUT2D eigenvalue weighted by atomic mass is 16.4. The number of carboxylic acid groups (broad SMARTS) is 1. The van der Waals surface area contributed by atoms with Gasteiger partial charge in [0.1, 0.15) is 5.82 Å². The summed E-state index contributed by atoms with van der Waals surface area (Å²) >= 11 is 0. The molecule has 1 aliphatic rings. The molecule has 0 saturated heterocycles. The number of nitrogens with zero attached hydrogens (tertiary/aromatic N) is 1. The van der Waals surface area contributed by atoms with Gasteiger partial charge in [0.05, 0.1) is 5.56 Å². The molecule has 4 nitrogen and oxygen atoms in total. The SMILES string of the molecule is Cc1cc(C(=O)O)cc(NCC2CCCC2)n1. The van der Waals surface area contributed by atoms with Crippen molar-refractivity contribution >= 4 is 11.8 Å². The number of rotatable bonds is 4. The van der Waals surface area contributed by atoms with Crippen molar-refractivity contribution in [3.05, 3.63) is 23.4 Å². The van der Waals surface area contributed by atoms with Gasteiger partial charge >= 0.3 is 5.97 Å². The summed E-state index contributed by atoms with van der Waals surface area (Å²) in [6.07, 6.45) is 5.16. The van der Waals surface area contributed by atoms with Gasteiger partial charge < -0.3 is 10.4 Å². The van der Waals surface area contributed by atoms with Crippen molar-refractivity contribution in [3.63, 3.8) is 0 Å². The summed E-state index contributed by atoms with van der Waals surface area (Å²) in [7, 11) is 0. The van der Waals surface area contributed by atoms with Crippen molar-refractivity contribution in [1.29, 1.82) is 0 Å². The first kappa shape index (κ1) is 11.9. The minimum Gasteiger partial charge on any atom is -0.478 e. The van der Waals surface area contributed by atoms with Gasteiger partial charge in [0, 0.05) is 12.2 Å². The van der Waals surface area contributed by atoms with E-state index in [9.17, 15) is 4.79 Å². The standard InChI is InChI=1S/C13H18N2O2/c1-9-6-11(13(16)17)7-12(15-9)14-8-10-4-2-3-5-10/h6-7,10H,2-5,8H2,1H3,(H,14,15)(H,16,17). The van der Waals surface area contributed by atoms with Gasteiger partial charge in [0.25, 0.3) is 0 Å². The molecule has 17 heavy (non-hydrogen) atoms. The molecule has 1 aliphatic carbocycles. The van der Waals surface area contributed by atoms with E-state index in [0.717, 1.165) is 12.2 Å². The molecule has 1 aromatic rings. The second kappa shape index (κ2) is 5.17. The summed E-state index contributed by atoms with van der Waals surface area (Å²) in [4.78, 5) is 15.2. The predicted octanol–water partition coefficient (Wildman–Crippen LogP) is 2.69. The van der Waals surface area contributed by atoms with Gasteiger partial charge in [-0.05, 0) is 37.8 Å². The van der Waals surface area contributed by atoms with Crippen LogP contribution in [0.2, 0.25) is 0 Å². The van der Waals surface area contributed by atoms with Gasteiger partial charge in [-0.25, -0.2) is 9.78 Å². The Kier molecular flexibility index (Phi) is 3.61. The van der Waals surface area contributed by atoms with Crippen molar-refractivity contribution in [2.24, 2.45) is 5.92 Å². The molecule has 0 radical (unpaired) electrons. The van der Waals surface area contributed by atoms with Gasteiger partial charge in [-0.15, -0.1) is 0 Å². The maximum absolute atomic E-state index is 10.9. The first-order valence-corrected chi connectivity index (χ1v) is 6.11. The van der Waals surface area contributed by atoms with Crippen LogP contribution in [0.15, 0.2) is 12.1 Å². The summed E-state index contributed by atoms with van der Waals surface area (Å²) in [6, 6.07) is 3.19. The largest absolute Gasteiger partial charge is 0.478 e. The third-order valence-corrected chi connectivity index (χ3v) is 3.25. The molecular formula is C13H18N2O2. The fourth-order valence-corrected chi connectivity index (χ4v) is 2.35. The lowest BCUT2D eigenvalue weighted by molar-refractivity contribution is 0.0696. The Bertz CT molecular complexity index is 412. The number of anilines is 1. The Morgan fingerprint density at radius 3 is 2.82 bits per heavy atom. The van der Waals surface area contributed by atoms with Crippen LogP contribution < -0.4 is 5.32 Å². The third kappa shape index (κ3) is 3.19. The first-order valence-electron chi connectivity index (χ1n) is 6.11. The van der Waals surface area contributed by atoms with E-state index in [1.807, 2.05) is 6.92 Å². The monoisotopic (exact) mass is 234 g/mol. The molecule has 4 heteroatoms. The van der Waals surface area contributed by atoms with Crippen LogP contribution in [0, 0.1) is 12.8 Å². The summed E-state index contributed by atoms with van der Waals surface area (Å²) in [5, 5.41) is 12.2. The van der Waals surface area contributed by atoms with E-state index in [1.165, 1.54) is 25.7 Å². The van der Waals surface area contributed by atoms with Gasteiger partial charge in [-0.1, -0.05) is 12.8 Å². The molecule has 0 atom stereocenters. The lowest BCUT2D eigenvalue weighted by Crippen LogP contribution is -2.13. The molecule has 92 valence electrons. The Balaban J connectivity index is 2.01. The average molecular weight is 234 g/mol. The van der Waals surface area contributed by atoms with E-state index in [1.54, 1.807) is 12.1 Å². The van der Waals surface area contributed by atoms with Crippen LogP contribution in [-0.2, 0) is 0 Å². The van der Waals surface area contributed by atoms with Crippen LogP contribution in [0.4, 0.5) is 5.82 Å². The van der Waals surface area contributed by atoms with Crippen LogP contribution in [-0.4, -0.2) is 22.6 Å². The zero-order chi connectivity index (χ0) is 12.3. The van der Waals surface area contributed by atoms with Gasteiger partial charge in [0.2, 0.25) is 0 Å². The average Bonchev–Trinajstić information content (AvgIpc) is 2.78. The molecule has 0 unspecified atom stereocenters. The van der Waals surface area contributed by atoms with E-state index >= 15 is 0 Å². The summed E-state index contributed by atoms with van der Waals surface area (Å²) in [5.41, 5.74) is 1.03. The lowest BCUT2D eigenvalue weighted by atomic mass is 10.1. The highest BCUT2D eigenvalue weighted by Gasteiger charge is 2.15. The van der Waals surface area contributed by atoms with Crippen LogP contribution >= 0.6 is 0 Å². The molecule has 0 amide bonds. The number of aryl methyl sites for hydroxylation is 1. The van der Waals surface area contributed by atoms with E-state index in [-0.39, 0.29) is 0 Å². The fraction of sp³-hybridized carbons (Fsp3) is 0.538. The smallest absolute Gasteiger partial charge is 0.335 e. The van der Waals surface area contributed by atoms with E-state index < -0.39 is 5.97 Å². The molecule has 0 aromatic carbocycles. The minimum absolute atomic E-state index is 0.298. The second-order valence-electron chi connectivity index (χ2n) is 4.72. The molecule has 1 heterocycles. The van der Waals surface area contributed by atoms with Crippen molar-refractivity contribution in [2.75, 3.05) is 11.9 Å².